The van der Waals surface area contributed by atoms with Gasteiger partial charge in [-0.15, -0.1) is 0 Å². The molecule has 136 valence electrons. The van der Waals surface area contributed by atoms with E-state index >= 15 is 0 Å². The molecule has 0 radical (unpaired) electrons. The molecule has 6 heteroatoms. The molecule has 2 aliphatic rings. The van der Waals surface area contributed by atoms with Crippen molar-refractivity contribution in [1.82, 2.24) is 10.2 Å². The number of benzene rings is 1. The highest BCUT2D eigenvalue weighted by Gasteiger charge is 2.38. The van der Waals surface area contributed by atoms with Crippen molar-refractivity contribution in [2.24, 2.45) is 5.92 Å². The number of hydrogen-bond donors (Lipinski definition) is 1. The van der Waals surface area contributed by atoms with E-state index < -0.39 is 0 Å². The molecule has 0 bridgehead atoms. The molecule has 1 saturated carbocycles. The molecule has 25 heavy (non-hydrogen) atoms. The summed E-state index contributed by atoms with van der Waals surface area (Å²) in [4.78, 5) is 26.4. The molecule has 0 spiro atoms. The van der Waals surface area contributed by atoms with Gasteiger partial charge in [-0.1, -0.05) is 36.6 Å². The van der Waals surface area contributed by atoms with Crippen molar-refractivity contribution >= 4 is 35.2 Å². The minimum absolute atomic E-state index is 0.0252. The second-order valence-corrected chi connectivity index (χ2v) is 8.40. The fourth-order valence-corrected chi connectivity index (χ4v) is 4.70. The summed E-state index contributed by atoms with van der Waals surface area (Å²) < 4.78 is 0. The first kappa shape index (κ1) is 18.6. The summed E-state index contributed by atoms with van der Waals surface area (Å²) in [6.07, 6.45) is 4.97. The monoisotopic (exact) mass is 380 g/mol. The van der Waals surface area contributed by atoms with Gasteiger partial charge >= 0.3 is 0 Å². The SMILES string of the molecule is O=C(NCCSCc1cccc(Cl)c1)[C@@H]1CC(=O)N(C2CCCC2)C1. The lowest BCUT2D eigenvalue weighted by Crippen LogP contribution is -2.37. The summed E-state index contributed by atoms with van der Waals surface area (Å²) in [5.74, 6) is 1.74. The van der Waals surface area contributed by atoms with Crippen LogP contribution in [0.1, 0.15) is 37.7 Å². The Kier molecular flexibility index (Phi) is 6.65. The van der Waals surface area contributed by atoms with E-state index in [1.807, 2.05) is 23.1 Å². The van der Waals surface area contributed by atoms with Gasteiger partial charge in [-0.3, -0.25) is 9.59 Å². The van der Waals surface area contributed by atoms with Crippen molar-refractivity contribution in [1.29, 1.82) is 0 Å². The van der Waals surface area contributed by atoms with E-state index in [0.29, 0.717) is 25.6 Å². The number of halogens is 1. The second kappa shape index (κ2) is 8.95. The van der Waals surface area contributed by atoms with E-state index in [0.717, 1.165) is 29.4 Å². The Hall–Kier alpha value is -1.20. The van der Waals surface area contributed by atoms with E-state index in [9.17, 15) is 9.59 Å². The number of carbonyl (C=O) groups excluding carboxylic acids is 2. The molecule has 1 heterocycles. The third kappa shape index (κ3) is 5.14. The Labute approximate surface area is 158 Å². The highest BCUT2D eigenvalue weighted by atomic mass is 35.5. The van der Waals surface area contributed by atoms with Crippen LogP contribution in [0.3, 0.4) is 0 Å². The topological polar surface area (TPSA) is 49.4 Å². The van der Waals surface area contributed by atoms with E-state index in [2.05, 4.69) is 11.4 Å². The molecular weight excluding hydrogens is 356 g/mol. The van der Waals surface area contributed by atoms with Crippen LogP contribution < -0.4 is 5.32 Å². The summed E-state index contributed by atoms with van der Waals surface area (Å²) in [6, 6.07) is 8.22. The summed E-state index contributed by atoms with van der Waals surface area (Å²) >= 11 is 7.74. The molecule has 0 aromatic heterocycles. The van der Waals surface area contributed by atoms with Crippen LogP contribution in [0.25, 0.3) is 0 Å². The molecule has 1 aliphatic heterocycles. The van der Waals surface area contributed by atoms with Gasteiger partial charge in [0.1, 0.15) is 0 Å². The zero-order valence-electron chi connectivity index (χ0n) is 14.4. The molecule has 0 unspecified atom stereocenters. The van der Waals surface area contributed by atoms with E-state index in [-0.39, 0.29) is 17.7 Å². The highest BCUT2D eigenvalue weighted by Crippen LogP contribution is 2.29. The van der Waals surface area contributed by atoms with Gasteiger partial charge < -0.3 is 10.2 Å². The Morgan fingerprint density at radius 3 is 2.88 bits per heavy atom. The van der Waals surface area contributed by atoms with Crippen LogP contribution in [0.2, 0.25) is 5.02 Å². The summed E-state index contributed by atoms with van der Waals surface area (Å²) in [5.41, 5.74) is 1.19. The van der Waals surface area contributed by atoms with Gasteiger partial charge in [0.15, 0.2) is 0 Å². The lowest BCUT2D eigenvalue weighted by molar-refractivity contribution is -0.130. The fraction of sp³-hybridized carbons (Fsp3) is 0.579. The molecule has 3 rings (SSSR count). The lowest BCUT2D eigenvalue weighted by Gasteiger charge is -2.23. The number of amides is 2. The number of carbonyl (C=O) groups is 2. The quantitative estimate of drug-likeness (QED) is 0.737. The third-order valence-corrected chi connectivity index (χ3v) is 6.26. The van der Waals surface area contributed by atoms with Crippen LogP contribution in [0.5, 0.6) is 0 Å². The number of nitrogens with zero attached hydrogens (tertiary/aromatic N) is 1. The van der Waals surface area contributed by atoms with Gasteiger partial charge in [0, 0.05) is 42.1 Å². The third-order valence-electron chi connectivity index (χ3n) is 5.00. The molecule has 1 aliphatic carbocycles. The van der Waals surface area contributed by atoms with E-state index in [1.165, 1.54) is 18.4 Å². The highest BCUT2D eigenvalue weighted by molar-refractivity contribution is 7.98. The number of rotatable bonds is 7. The van der Waals surface area contributed by atoms with Gasteiger partial charge in [-0.25, -0.2) is 0 Å². The largest absolute Gasteiger partial charge is 0.355 e. The van der Waals surface area contributed by atoms with Crippen molar-refractivity contribution in [3.05, 3.63) is 34.9 Å². The van der Waals surface area contributed by atoms with Crippen LogP contribution >= 0.6 is 23.4 Å². The van der Waals surface area contributed by atoms with Gasteiger partial charge in [0.05, 0.1) is 5.92 Å². The molecule has 1 atom stereocenters. The molecule has 2 fully saturated rings. The van der Waals surface area contributed by atoms with Crippen LogP contribution in [-0.2, 0) is 15.3 Å². The maximum Gasteiger partial charge on any atom is 0.225 e. The molecule has 1 aromatic rings. The summed E-state index contributed by atoms with van der Waals surface area (Å²) in [5, 5.41) is 3.74. The second-order valence-electron chi connectivity index (χ2n) is 6.86. The summed E-state index contributed by atoms with van der Waals surface area (Å²) in [6.45, 7) is 1.24. The maximum atomic E-state index is 12.3. The van der Waals surface area contributed by atoms with Crippen molar-refractivity contribution in [3.8, 4) is 0 Å². The number of thioether (sulfide) groups is 1. The Balaban J connectivity index is 1.34. The van der Waals surface area contributed by atoms with Crippen LogP contribution in [0.15, 0.2) is 24.3 Å². The zero-order valence-corrected chi connectivity index (χ0v) is 16.0. The standard InChI is InChI=1S/C19H25ClN2O2S/c20-16-5-3-4-14(10-16)13-25-9-8-21-19(24)15-11-18(23)22(12-15)17-6-1-2-7-17/h3-5,10,15,17H,1-2,6-9,11-13H2,(H,21,24)/t15-/m1/s1. The number of hydrogen-bond acceptors (Lipinski definition) is 3. The predicted octanol–water partition coefficient (Wildman–Crippen LogP) is 3.48. The van der Waals surface area contributed by atoms with E-state index in [4.69, 9.17) is 11.6 Å². The first-order chi connectivity index (χ1) is 12.1. The first-order valence-electron chi connectivity index (χ1n) is 9.03. The van der Waals surface area contributed by atoms with Gasteiger partial charge in [-0.2, -0.15) is 11.8 Å². The Bertz CT molecular complexity index is 619. The average Bonchev–Trinajstić information content (AvgIpc) is 3.23. The smallest absolute Gasteiger partial charge is 0.225 e. The van der Waals surface area contributed by atoms with E-state index in [1.54, 1.807) is 11.8 Å². The molecule has 4 nitrogen and oxygen atoms in total. The van der Waals surface area contributed by atoms with Gasteiger partial charge in [0.25, 0.3) is 0 Å². The molecule has 1 N–H and O–H groups in total. The predicted molar refractivity (Wildman–Crippen MR) is 103 cm³/mol. The molecular formula is C19H25ClN2O2S. The van der Waals surface area contributed by atoms with Gasteiger partial charge in [0.2, 0.25) is 11.8 Å². The van der Waals surface area contributed by atoms with Crippen LogP contribution in [0, 0.1) is 5.92 Å². The van der Waals surface area contributed by atoms with Crippen molar-refractivity contribution in [2.75, 3.05) is 18.8 Å². The van der Waals surface area contributed by atoms with Crippen molar-refractivity contribution < 1.29 is 9.59 Å². The minimum atomic E-state index is -0.175. The molecule has 1 aromatic carbocycles. The normalized spacial score (nSPS) is 21.1. The fourth-order valence-electron chi connectivity index (χ4n) is 3.68. The zero-order chi connectivity index (χ0) is 17.6. The Morgan fingerprint density at radius 2 is 2.12 bits per heavy atom. The first-order valence-corrected chi connectivity index (χ1v) is 10.6. The van der Waals surface area contributed by atoms with Crippen LogP contribution in [-0.4, -0.2) is 41.6 Å². The Morgan fingerprint density at radius 1 is 1.32 bits per heavy atom. The van der Waals surface area contributed by atoms with Crippen molar-refractivity contribution in [2.45, 2.75) is 43.9 Å². The average molecular weight is 381 g/mol. The molecule has 2 amide bonds. The van der Waals surface area contributed by atoms with Crippen molar-refractivity contribution in [3.63, 3.8) is 0 Å². The molecule has 1 saturated heterocycles. The van der Waals surface area contributed by atoms with Crippen LogP contribution in [0.4, 0.5) is 0 Å². The van der Waals surface area contributed by atoms with Gasteiger partial charge in [-0.05, 0) is 30.5 Å². The minimum Gasteiger partial charge on any atom is -0.355 e. The summed E-state index contributed by atoms with van der Waals surface area (Å²) in [7, 11) is 0. The number of likely N-dealkylation sites (tertiary alicyclic amines) is 1. The lowest BCUT2D eigenvalue weighted by atomic mass is 10.1. The maximum absolute atomic E-state index is 12.3. The number of nitrogens with one attached hydrogen (secondary N) is 1.